The van der Waals surface area contributed by atoms with E-state index in [1.165, 1.54) is 6.92 Å². The predicted octanol–water partition coefficient (Wildman–Crippen LogP) is -1.87. The molecule has 7 heteroatoms. The lowest BCUT2D eigenvalue weighted by atomic mass is 10.4. The van der Waals surface area contributed by atoms with Crippen LogP contribution in [0.5, 0.6) is 0 Å². The summed E-state index contributed by atoms with van der Waals surface area (Å²) < 4.78 is 0. The third-order valence-corrected chi connectivity index (χ3v) is 0.357. The highest BCUT2D eigenvalue weighted by Gasteiger charge is 2.01. The number of carboxylic acids is 1. The van der Waals surface area contributed by atoms with Gasteiger partial charge in [0.2, 0.25) is 0 Å². The van der Waals surface area contributed by atoms with Crippen molar-refractivity contribution in [3.8, 4) is 0 Å². The molecule has 0 aromatic carbocycles. The van der Waals surface area contributed by atoms with Gasteiger partial charge in [-0.2, -0.15) is 0 Å². The molecule has 0 amide bonds. The van der Waals surface area contributed by atoms with Crippen molar-refractivity contribution in [2.45, 2.75) is 13.0 Å². The Hall–Kier alpha value is -0.730. The molecular formula is C3H16N2O5. The third-order valence-electron chi connectivity index (χ3n) is 0.357. The van der Waals surface area contributed by atoms with Crippen molar-refractivity contribution in [2.75, 3.05) is 0 Å². The fourth-order valence-corrected chi connectivity index (χ4v) is 0. The van der Waals surface area contributed by atoms with Crippen LogP contribution in [0.25, 0.3) is 0 Å². The summed E-state index contributed by atoms with van der Waals surface area (Å²) in [6, 6.07) is 0. The second kappa shape index (κ2) is 15.7. The first-order valence-electron chi connectivity index (χ1n) is 1.55. The summed E-state index contributed by atoms with van der Waals surface area (Å²) in [6.45, 7) is 1.20. The SMILES string of the molecule is CC(O)C(=O)O.N.N.O.O. The summed E-state index contributed by atoms with van der Waals surface area (Å²) in [6.07, 6.45) is -1.23. The first-order valence-corrected chi connectivity index (χ1v) is 1.55. The number of hydrogen-bond donors (Lipinski definition) is 4. The Bertz CT molecular complexity index is 65.9. The molecule has 0 aromatic rings. The van der Waals surface area contributed by atoms with Crippen LogP contribution in [0, 0.1) is 0 Å². The average Bonchev–Trinajstić information content (AvgIpc) is 1.36. The zero-order chi connectivity index (χ0) is 5.15. The van der Waals surface area contributed by atoms with E-state index < -0.39 is 12.1 Å². The molecule has 0 aliphatic carbocycles. The van der Waals surface area contributed by atoms with Crippen molar-refractivity contribution in [2.24, 2.45) is 0 Å². The number of carbonyl (C=O) groups is 1. The van der Waals surface area contributed by atoms with Gasteiger partial charge in [-0.05, 0) is 6.92 Å². The van der Waals surface area contributed by atoms with Gasteiger partial charge in [-0.25, -0.2) is 4.79 Å². The molecule has 0 spiro atoms. The normalized spacial score (nSPS) is 8.20. The molecule has 1 atom stereocenters. The molecule has 0 saturated carbocycles. The van der Waals surface area contributed by atoms with E-state index in [-0.39, 0.29) is 23.3 Å². The standard InChI is InChI=1S/C3H6O3.2H3N.2H2O/c1-2(4)3(5)6;;;;/h2,4H,1H3,(H,5,6);2*1H3;2*1H2. The van der Waals surface area contributed by atoms with Gasteiger partial charge in [0.05, 0.1) is 0 Å². The molecule has 1 unspecified atom stereocenters. The second-order valence-corrected chi connectivity index (χ2v) is 1.01. The van der Waals surface area contributed by atoms with Crippen LogP contribution in [0.3, 0.4) is 0 Å². The summed E-state index contributed by atoms with van der Waals surface area (Å²) in [5.41, 5.74) is 0. The van der Waals surface area contributed by atoms with Crippen LogP contribution in [-0.2, 0) is 4.79 Å². The summed E-state index contributed by atoms with van der Waals surface area (Å²) in [4.78, 5) is 9.45. The molecule has 0 bridgehead atoms. The fourth-order valence-electron chi connectivity index (χ4n) is 0. The highest BCUT2D eigenvalue weighted by molar-refractivity contribution is 5.71. The van der Waals surface area contributed by atoms with Crippen molar-refractivity contribution < 1.29 is 26.0 Å². The molecule has 7 nitrogen and oxygen atoms in total. The van der Waals surface area contributed by atoms with E-state index in [0.29, 0.717) is 0 Å². The van der Waals surface area contributed by atoms with Crippen LogP contribution >= 0.6 is 0 Å². The molecular weight excluding hydrogens is 144 g/mol. The summed E-state index contributed by atoms with van der Waals surface area (Å²) >= 11 is 0. The maximum atomic E-state index is 9.45. The number of rotatable bonds is 1. The number of hydrogen-bond acceptors (Lipinski definition) is 4. The van der Waals surface area contributed by atoms with Gasteiger partial charge in [-0.1, -0.05) is 0 Å². The van der Waals surface area contributed by atoms with Gasteiger partial charge in [0.1, 0.15) is 6.10 Å². The molecule has 0 fully saturated rings. The minimum atomic E-state index is -1.23. The Morgan fingerprint density at radius 2 is 1.40 bits per heavy atom. The maximum Gasteiger partial charge on any atom is 0.332 e. The topological polar surface area (TPSA) is 191 Å². The van der Waals surface area contributed by atoms with Gasteiger partial charge in [-0.15, -0.1) is 0 Å². The monoisotopic (exact) mass is 160 g/mol. The Balaban J connectivity index is -0.0000000208. The Morgan fingerprint density at radius 1 is 1.30 bits per heavy atom. The Labute approximate surface area is 58.5 Å². The minimum Gasteiger partial charge on any atom is -0.479 e. The van der Waals surface area contributed by atoms with E-state index in [0.717, 1.165) is 0 Å². The summed E-state index contributed by atoms with van der Waals surface area (Å²) in [5, 5.41) is 15.8. The zero-order valence-corrected chi connectivity index (χ0v) is 5.79. The number of aliphatic hydroxyl groups is 1. The van der Waals surface area contributed by atoms with Gasteiger partial charge in [-0.3, -0.25) is 0 Å². The summed E-state index contributed by atoms with van der Waals surface area (Å²) in [7, 11) is 0. The lowest BCUT2D eigenvalue weighted by Crippen LogP contribution is -2.13. The molecule has 0 rings (SSSR count). The van der Waals surface area contributed by atoms with Crippen molar-refractivity contribution in [3.05, 3.63) is 0 Å². The highest BCUT2D eigenvalue weighted by Crippen LogP contribution is 1.73. The predicted molar refractivity (Wildman–Crippen MR) is 36.6 cm³/mol. The molecule has 0 aliphatic rings. The van der Waals surface area contributed by atoms with E-state index in [2.05, 4.69) is 0 Å². The number of carboxylic acid groups (broad SMARTS) is 1. The molecule has 68 valence electrons. The van der Waals surface area contributed by atoms with Crippen LogP contribution in [0.15, 0.2) is 0 Å². The van der Waals surface area contributed by atoms with Crippen LogP contribution in [0.4, 0.5) is 0 Å². The van der Waals surface area contributed by atoms with Crippen molar-refractivity contribution in [1.29, 1.82) is 0 Å². The molecule has 0 saturated heterocycles. The van der Waals surface area contributed by atoms with Gasteiger partial charge in [0, 0.05) is 0 Å². The number of aliphatic carboxylic acids is 1. The Kier molecular flexibility index (Phi) is 54.7. The van der Waals surface area contributed by atoms with Crippen molar-refractivity contribution >= 4 is 5.97 Å². The van der Waals surface area contributed by atoms with E-state index in [1.807, 2.05) is 0 Å². The smallest absolute Gasteiger partial charge is 0.332 e. The Morgan fingerprint density at radius 3 is 1.40 bits per heavy atom. The largest absolute Gasteiger partial charge is 0.479 e. The molecule has 12 N–H and O–H groups in total. The molecule has 0 heterocycles. The zero-order valence-electron chi connectivity index (χ0n) is 5.79. The van der Waals surface area contributed by atoms with Crippen molar-refractivity contribution in [1.82, 2.24) is 12.3 Å². The van der Waals surface area contributed by atoms with Gasteiger partial charge in [0.15, 0.2) is 0 Å². The lowest BCUT2D eigenvalue weighted by molar-refractivity contribution is -0.145. The number of aliphatic hydroxyl groups excluding tert-OH is 1. The van der Waals surface area contributed by atoms with E-state index in [1.54, 1.807) is 0 Å². The first-order chi connectivity index (χ1) is 2.64. The highest BCUT2D eigenvalue weighted by atomic mass is 16.4. The van der Waals surface area contributed by atoms with Crippen LogP contribution < -0.4 is 12.3 Å². The molecule has 10 heavy (non-hydrogen) atoms. The lowest BCUT2D eigenvalue weighted by Gasteiger charge is -1.89. The van der Waals surface area contributed by atoms with Crippen LogP contribution in [0.2, 0.25) is 0 Å². The van der Waals surface area contributed by atoms with Crippen LogP contribution in [0.1, 0.15) is 6.92 Å². The van der Waals surface area contributed by atoms with E-state index >= 15 is 0 Å². The minimum absolute atomic E-state index is 0. The van der Waals surface area contributed by atoms with Gasteiger partial charge in [0.25, 0.3) is 0 Å². The summed E-state index contributed by atoms with van der Waals surface area (Å²) in [5.74, 6) is -1.19. The first kappa shape index (κ1) is 34.8. The third kappa shape index (κ3) is 26.7. The molecule has 0 aromatic heterocycles. The molecule has 0 aliphatic heterocycles. The van der Waals surface area contributed by atoms with E-state index in [4.69, 9.17) is 10.2 Å². The fraction of sp³-hybridized carbons (Fsp3) is 0.667. The van der Waals surface area contributed by atoms with Gasteiger partial charge < -0.3 is 33.5 Å². The molecule has 0 radical (unpaired) electrons. The second-order valence-electron chi connectivity index (χ2n) is 1.01. The van der Waals surface area contributed by atoms with Crippen molar-refractivity contribution in [3.63, 3.8) is 0 Å². The van der Waals surface area contributed by atoms with E-state index in [9.17, 15) is 4.79 Å². The quantitative estimate of drug-likeness (QED) is 0.348. The average molecular weight is 160 g/mol. The maximum absolute atomic E-state index is 9.45. The van der Waals surface area contributed by atoms with Crippen LogP contribution in [-0.4, -0.2) is 33.2 Å². The van der Waals surface area contributed by atoms with Gasteiger partial charge >= 0.3 is 5.97 Å².